The number of carboxylic acids is 1. The predicted octanol–water partition coefficient (Wildman–Crippen LogP) is 2.48. The maximum atomic E-state index is 12.3. The number of rotatable bonds is 3. The van der Waals surface area contributed by atoms with E-state index in [1.165, 1.54) is 31.2 Å². The zero-order chi connectivity index (χ0) is 14.5. The van der Waals surface area contributed by atoms with Gasteiger partial charge in [-0.25, -0.2) is 4.79 Å². The molecule has 2 rings (SSSR count). The van der Waals surface area contributed by atoms with Gasteiger partial charge >= 0.3 is 5.97 Å². The van der Waals surface area contributed by atoms with Crippen LogP contribution < -0.4 is 5.32 Å². The minimum atomic E-state index is -1.13. The molecule has 1 amide bonds. The van der Waals surface area contributed by atoms with Crippen LogP contribution in [0, 0.1) is 5.92 Å². The third-order valence-corrected chi connectivity index (χ3v) is 3.93. The summed E-state index contributed by atoms with van der Waals surface area (Å²) in [7, 11) is 0. The highest BCUT2D eigenvalue weighted by molar-refractivity contribution is 6.03. The molecule has 0 aliphatic heterocycles. The molecule has 5 nitrogen and oxygen atoms in total. The Morgan fingerprint density at radius 1 is 1.30 bits per heavy atom. The van der Waals surface area contributed by atoms with Gasteiger partial charge in [0.15, 0.2) is 0 Å². The summed E-state index contributed by atoms with van der Waals surface area (Å²) in [5.74, 6) is -1.10. The van der Waals surface area contributed by atoms with Crippen molar-refractivity contribution in [2.75, 3.05) is 0 Å². The fourth-order valence-corrected chi connectivity index (χ4v) is 2.70. The lowest BCUT2D eigenvalue weighted by atomic mass is 9.96. The first-order valence-electron chi connectivity index (χ1n) is 7.08. The molecule has 1 heterocycles. The molecule has 0 spiro atoms. The average molecular weight is 276 g/mol. The van der Waals surface area contributed by atoms with Crippen LogP contribution in [0.3, 0.4) is 0 Å². The van der Waals surface area contributed by atoms with Gasteiger partial charge in [-0.1, -0.05) is 26.2 Å². The van der Waals surface area contributed by atoms with E-state index in [2.05, 4.69) is 17.2 Å². The fraction of sp³-hybridized carbons (Fsp3) is 0.533. The van der Waals surface area contributed by atoms with Crippen molar-refractivity contribution in [3.63, 3.8) is 0 Å². The summed E-state index contributed by atoms with van der Waals surface area (Å²) < 4.78 is 0. The summed E-state index contributed by atoms with van der Waals surface area (Å²) in [5, 5.41) is 12.1. The predicted molar refractivity (Wildman–Crippen MR) is 74.7 cm³/mol. The lowest BCUT2D eigenvalue weighted by Gasteiger charge is -2.22. The van der Waals surface area contributed by atoms with E-state index in [9.17, 15) is 9.59 Å². The number of nitrogens with zero attached hydrogens (tertiary/aromatic N) is 1. The monoisotopic (exact) mass is 276 g/mol. The van der Waals surface area contributed by atoms with Crippen molar-refractivity contribution in [1.29, 1.82) is 0 Å². The van der Waals surface area contributed by atoms with E-state index in [4.69, 9.17) is 5.11 Å². The zero-order valence-electron chi connectivity index (χ0n) is 11.6. The van der Waals surface area contributed by atoms with E-state index in [1.54, 1.807) is 0 Å². The number of aromatic nitrogens is 1. The molecule has 1 aromatic heterocycles. The summed E-state index contributed by atoms with van der Waals surface area (Å²) in [6.07, 6.45) is 6.97. The summed E-state index contributed by atoms with van der Waals surface area (Å²) in [6, 6.07) is 3.03. The zero-order valence-corrected chi connectivity index (χ0v) is 11.6. The van der Waals surface area contributed by atoms with Gasteiger partial charge in [0.1, 0.15) is 5.69 Å². The summed E-state index contributed by atoms with van der Waals surface area (Å²) in [5.41, 5.74) is -0.0530. The molecule has 2 unspecified atom stereocenters. The number of hydrogen-bond acceptors (Lipinski definition) is 3. The third-order valence-electron chi connectivity index (χ3n) is 3.93. The Hall–Kier alpha value is -1.91. The molecule has 1 aromatic rings. The lowest BCUT2D eigenvalue weighted by Crippen LogP contribution is -2.39. The van der Waals surface area contributed by atoms with Gasteiger partial charge in [0, 0.05) is 12.2 Å². The molecular weight excluding hydrogens is 256 g/mol. The van der Waals surface area contributed by atoms with Gasteiger partial charge in [0.2, 0.25) is 0 Å². The van der Waals surface area contributed by atoms with Gasteiger partial charge in [-0.05, 0) is 30.9 Å². The first kappa shape index (κ1) is 14.5. The van der Waals surface area contributed by atoms with Gasteiger partial charge < -0.3 is 10.4 Å². The van der Waals surface area contributed by atoms with Crippen molar-refractivity contribution in [2.45, 2.75) is 45.1 Å². The van der Waals surface area contributed by atoms with Crippen molar-refractivity contribution in [2.24, 2.45) is 5.92 Å². The van der Waals surface area contributed by atoms with Crippen LogP contribution in [-0.4, -0.2) is 28.0 Å². The molecule has 1 aliphatic carbocycles. The Balaban J connectivity index is 2.13. The minimum absolute atomic E-state index is 0.00329. The molecule has 0 bridgehead atoms. The number of carbonyl (C=O) groups is 2. The SMILES string of the molecule is CC1CCCCCC1NC(=O)c1ncccc1C(=O)O. The van der Waals surface area contributed by atoms with E-state index >= 15 is 0 Å². The van der Waals surface area contributed by atoms with Gasteiger partial charge in [0.05, 0.1) is 5.56 Å². The number of nitrogens with one attached hydrogen (secondary N) is 1. The normalized spacial score (nSPS) is 22.9. The van der Waals surface area contributed by atoms with Crippen molar-refractivity contribution in [3.8, 4) is 0 Å². The number of amides is 1. The van der Waals surface area contributed by atoms with Crippen molar-refractivity contribution in [1.82, 2.24) is 10.3 Å². The fourth-order valence-electron chi connectivity index (χ4n) is 2.70. The summed E-state index contributed by atoms with van der Waals surface area (Å²) in [4.78, 5) is 27.3. The largest absolute Gasteiger partial charge is 0.478 e. The Morgan fingerprint density at radius 2 is 2.05 bits per heavy atom. The molecule has 1 saturated carbocycles. The van der Waals surface area contributed by atoms with Crippen LogP contribution in [0.5, 0.6) is 0 Å². The molecule has 20 heavy (non-hydrogen) atoms. The summed E-state index contributed by atoms with van der Waals surface area (Å²) in [6.45, 7) is 2.13. The highest BCUT2D eigenvalue weighted by Gasteiger charge is 2.24. The first-order valence-corrected chi connectivity index (χ1v) is 7.08. The molecule has 2 N–H and O–H groups in total. The molecule has 0 aromatic carbocycles. The van der Waals surface area contributed by atoms with Crippen LogP contribution in [0.2, 0.25) is 0 Å². The summed E-state index contributed by atoms with van der Waals surface area (Å²) >= 11 is 0. The second-order valence-corrected chi connectivity index (χ2v) is 5.40. The van der Waals surface area contributed by atoms with E-state index in [0.717, 1.165) is 19.3 Å². The molecule has 5 heteroatoms. The molecule has 108 valence electrons. The van der Waals surface area contributed by atoms with Gasteiger partial charge in [-0.2, -0.15) is 0 Å². The Kier molecular flexibility index (Phi) is 4.71. The van der Waals surface area contributed by atoms with Gasteiger partial charge in [-0.15, -0.1) is 0 Å². The Bertz CT molecular complexity index is 502. The number of aromatic carboxylic acids is 1. The lowest BCUT2D eigenvalue weighted by molar-refractivity contribution is 0.0689. The third kappa shape index (κ3) is 3.35. The molecule has 2 atom stereocenters. The maximum absolute atomic E-state index is 12.3. The average Bonchev–Trinajstić information content (AvgIpc) is 2.64. The molecule has 1 fully saturated rings. The van der Waals surface area contributed by atoms with Crippen molar-refractivity contribution < 1.29 is 14.7 Å². The van der Waals surface area contributed by atoms with Crippen LogP contribution >= 0.6 is 0 Å². The van der Waals surface area contributed by atoms with E-state index < -0.39 is 5.97 Å². The number of hydrogen-bond donors (Lipinski definition) is 2. The number of carbonyl (C=O) groups excluding carboxylic acids is 1. The molecule has 0 radical (unpaired) electrons. The number of pyridine rings is 1. The first-order chi connectivity index (χ1) is 9.59. The van der Waals surface area contributed by atoms with Crippen molar-refractivity contribution in [3.05, 3.63) is 29.6 Å². The van der Waals surface area contributed by atoms with Crippen LogP contribution in [0.15, 0.2) is 18.3 Å². The maximum Gasteiger partial charge on any atom is 0.338 e. The van der Waals surface area contributed by atoms with E-state index in [0.29, 0.717) is 5.92 Å². The van der Waals surface area contributed by atoms with Crippen LogP contribution in [-0.2, 0) is 0 Å². The number of carboxylic acid groups (broad SMARTS) is 1. The Morgan fingerprint density at radius 3 is 2.80 bits per heavy atom. The quantitative estimate of drug-likeness (QED) is 0.831. The smallest absolute Gasteiger partial charge is 0.338 e. The van der Waals surface area contributed by atoms with Gasteiger partial charge in [0.25, 0.3) is 5.91 Å². The van der Waals surface area contributed by atoms with Crippen LogP contribution in [0.1, 0.15) is 59.9 Å². The minimum Gasteiger partial charge on any atom is -0.478 e. The van der Waals surface area contributed by atoms with E-state index in [-0.39, 0.29) is 23.2 Å². The van der Waals surface area contributed by atoms with Crippen LogP contribution in [0.25, 0.3) is 0 Å². The highest BCUT2D eigenvalue weighted by atomic mass is 16.4. The molecule has 1 aliphatic rings. The topological polar surface area (TPSA) is 79.3 Å². The standard InChI is InChI=1S/C15H20N2O3/c1-10-6-3-2-4-8-12(10)17-14(18)13-11(15(19)20)7-5-9-16-13/h5,7,9-10,12H,2-4,6,8H2,1H3,(H,17,18)(H,19,20). The van der Waals surface area contributed by atoms with Gasteiger partial charge in [-0.3, -0.25) is 9.78 Å². The van der Waals surface area contributed by atoms with Crippen LogP contribution in [0.4, 0.5) is 0 Å². The second-order valence-electron chi connectivity index (χ2n) is 5.40. The second kappa shape index (κ2) is 6.50. The molecule has 0 saturated heterocycles. The Labute approximate surface area is 118 Å². The highest BCUT2D eigenvalue weighted by Crippen LogP contribution is 2.23. The van der Waals surface area contributed by atoms with E-state index in [1.807, 2.05) is 0 Å². The van der Waals surface area contributed by atoms with Crippen molar-refractivity contribution >= 4 is 11.9 Å². The molecular formula is C15H20N2O3.